The van der Waals surface area contributed by atoms with Gasteiger partial charge in [0, 0.05) is 11.4 Å². The van der Waals surface area contributed by atoms with Crippen LogP contribution in [0.1, 0.15) is 51.6 Å². The second-order valence-corrected chi connectivity index (χ2v) is 9.36. The molecule has 1 aromatic carbocycles. The maximum atomic E-state index is 12.8. The van der Waals surface area contributed by atoms with Gasteiger partial charge in [0.05, 0.1) is 11.1 Å². The molecule has 0 saturated heterocycles. The predicted octanol–water partition coefficient (Wildman–Crippen LogP) is 1.62. The normalized spacial score (nSPS) is 22.9. The average molecular weight is 369 g/mol. The van der Waals surface area contributed by atoms with Gasteiger partial charge >= 0.3 is 0 Å². The quantitative estimate of drug-likeness (QED) is 0.658. The lowest BCUT2D eigenvalue weighted by Gasteiger charge is -2.18. The van der Waals surface area contributed by atoms with Crippen molar-refractivity contribution in [2.45, 2.75) is 63.7 Å². The number of nitrogens with one attached hydrogen (secondary N) is 1. The molecule has 136 valence electrons. The highest BCUT2D eigenvalue weighted by molar-refractivity contribution is 7.18. The first-order chi connectivity index (χ1) is 12.2. The molecule has 3 atom stereocenters. The summed E-state index contributed by atoms with van der Waals surface area (Å²) in [5.41, 5.74) is 1.11. The van der Waals surface area contributed by atoms with E-state index >= 15 is 0 Å². The number of rotatable bonds is 4. The van der Waals surface area contributed by atoms with Crippen LogP contribution in [0.3, 0.4) is 0 Å². The van der Waals surface area contributed by atoms with Crippen molar-refractivity contribution >= 4 is 39.2 Å². The highest BCUT2D eigenvalue weighted by atomic mass is 31.0. The molecule has 5 nitrogen and oxygen atoms in total. The SMILES string of the molecule is [B]c1ccc2c(=O)n(CC(=O)NC3CCC(C)(P)C3)nc(C(C)C)c2c1. The standard InChI is InChI=1S/C19H25BN3O2P/c1-11(2)17-15-8-12(20)4-5-14(15)18(25)23(22-17)10-16(24)21-13-6-7-19(3,26)9-13/h4-5,8,11,13H,6-7,9-10,26H2,1-3H3,(H,21,24). The van der Waals surface area contributed by atoms with Crippen LogP contribution in [-0.4, -0.2) is 34.7 Å². The Balaban J connectivity index is 1.88. The van der Waals surface area contributed by atoms with Crippen molar-refractivity contribution in [1.82, 2.24) is 15.1 Å². The monoisotopic (exact) mass is 369 g/mol. The molecule has 1 fully saturated rings. The van der Waals surface area contributed by atoms with Crippen LogP contribution in [0.2, 0.25) is 0 Å². The summed E-state index contributed by atoms with van der Waals surface area (Å²) in [5.74, 6) is -0.0568. The van der Waals surface area contributed by atoms with Crippen LogP contribution < -0.4 is 16.3 Å². The molecule has 1 saturated carbocycles. The topological polar surface area (TPSA) is 64.0 Å². The van der Waals surface area contributed by atoms with E-state index in [9.17, 15) is 9.59 Å². The van der Waals surface area contributed by atoms with Gasteiger partial charge in [-0.1, -0.05) is 38.4 Å². The van der Waals surface area contributed by atoms with E-state index in [0.29, 0.717) is 10.8 Å². The lowest BCUT2D eigenvalue weighted by Crippen LogP contribution is -2.39. The van der Waals surface area contributed by atoms with E-state index in [-0.39, 0.29) is 35.1 Å². The fraction of sp³-hybridized carbons (Fsp3) is 0.526. The lowest BCUT2D eigenvalue weighted by atomic mass is 9.92. The van der Waals surface area contributed by atoms with E-state index in [2.05, 4.69) is 26.6 Å². The van der Waals surface area contributed by atoms with Crippen molar-refractivity contribution in [3.8, 4) is 0 Å². The van der Waals surface area contributed by atoms with Gasteiger partial charge in [0.1, 0.15) is 14.4 Å². The molecule has 2 aromatic rings. The van der Waals surface area contributed by atoms with Crippen molar-refractivity contribution in [2.24, 2.45) is 0 Å². The first-order valence-corrected chi connectivity index (χ1v) is 9.62. The Morgan fingerprint density at radius 2 is 2.19 bits per heavy atom. The van der Waals surface area contributed by atoms with E-state index in [4.69, 9.17) is 7.85 Å². The number of hydrogen-bond acceptors (Lipinski definition) is 3. The summed E-state index contributed by atoms with van der Waals surface area (Å²) in [5, 5.41) is 9.00. The molecule has 1 heterocycles. The molecule has 3 rings (SSSR count). The highest BCUT2D eigenvalue weighted by Crippen LogP contribution is 2.37. The molecule has 26 heavy (non-hydrogen) atoms. The molecule has 1 amide bonds. The molecular formula is C19H25BN3O2P. The molecule has 0 aliphatic heterocycles. The maximum absolute atomic E-state index is 12.8. The second kappa shape index (κ2) is 7.15. The number of amides is 1. The largest absolute Gasteiger partial charge is 0.352 e. The zero-order valence-electron chi connectivity index (χ0n) is 15.6. The van der Waals surface area contributed by atoms with Gasteiger partial charge in [-0.3, -0.25) is 9.59 Å². The second-order valence-electron chi connectivity index (χ2n) is 7.97. The third kappa shape index (κ3) is 4.01. The van der Waals surface area contributed by atoms with Crippen molar-refractivity contribution < 1.29 is 4.79 Å². The van der Waals surface area contributed by atoms with Crippen LogP contribution in [0.5, 0.6) is 0 Å². The smallest absolute Gasteiger partial charge is 0.275 e. The van der Waals surface area contributed by atoms with Crippen molar-refractivity contribution in [3.63, 3.8) is 0 Å². The van der Waals surface area contributed by atoms with Gasteiger partial charge < -0.3 is 5.32 Å². The van der Waals surface area contributed by atoms with Gasteiger partial charge in [-0.05, 0) is 36.4 Å². The van der Waals surface area contributed by atoms with E-state index < -0.39 is 0 Å². The van der Waals surface area contributed by atoms with Gasteiger partial charge in [-0.25, -0.2) is 4.68 Å². The molecule has 1 aromatic heterocycles. The Morgan fingerprint density at radius 1 is 1.46 bits per heavy atom. The number of benzene rings is 1. The average Bonchev–Trinajstić information content (AvgIpc) is 2.88. The Morgan fingerprint density at radius 3 is 2.81 bits per heavy atom. The molecule has 3 unspecified atom stereocenters. The summed E-state index contributed by atoms with van der Waals surface area (Å²) < 4.78 is 1.28. The minimum atomic E-state index is -0.262. The molecule has 2 radical (unpaired) electrons. The number of aromatic nitrogens is 2. The fourth-order valence-electron chi connectivity index (χ4n) is 3.67. The lowest BCUT2D eigenvalue weighted by molar-refractivity contribution is -0.122. The maximum Gasteiger partial charge on any atom is 0.275 e. The van der Waals surface area contributed by atoms with E-state index in [0.717, 1.165) is 30.3 Å². The van der Waals surface area contributed by atoms with Crippen LogP contribution in [0.15, 0.2) is 23.0 Å². The van der Waals surface area contributed by atoms with Crippen LogP contribution in [0.4, 0.5) is 0 Å². The van der Waals surface area contributed by atoms with Crippen molar-refractivity contribution in [3.05, 3.63) is 34.2 Å². The third-order valence-corrected chi connectivity index (χ3v) is 5.52. The van der Waals surface area contributed by atoms with Gasteiger partial charge in [0.2, 0.25) is 5.91 Å². The van der Waals surface area contributed by atoms with E-state index in [1.807, 2.05) is 13.8 Å². The number of carbonyl (C=O) groups is 1. The zero-order chi connectivity index (χ0) is 19.1. The van der Waals surface area contributed by atoms with Crippen molar-refractivity contribution in [2.75, 3.05) is 0 Å². The van der Waals surface area contributed by atoms with Gasteiger partial charge in [0.25, 0.3) is 5.56 Å². The molecule has 1 N–H and O–H groups in total. The Kier molecular flexibility index (Phi) is 5.25. The summed E-state index contributed by atoms with van der Waals surface area (Å²) in [7, 11) is 8.74. The van der Waals surface area contributed by atoms with Crippen LogP contribution in [0.25, 0.3) is 10.8 Å². The summed E-state index contributed by atoms with van der Waals surface area (Å²) in [4.78, 5) is 25.2. The van der Waals surface area contributed by atoms with Crippen LogP contribution >= 0.6 is 9.24 Å². The number of hydrogen-bond donors (Lipinski definition) is 1. The summed E-state index contributed by atoms with van der Waals surface area (Å²) in [6.45, 7) is 6.14. The minimum Gasteiger partial charge on any atom is -0.352 e. The van der Waals surface area contributed by atoms with E-state index in [1.54, 1.807) is 18.2 Å². The fourth-order valence-corrected chi connectivity index (χ4v) is 4.12. The predicted molar refractivity (Wildman–Crippen MR) is 109 cm³/mol. The van der Waals surface area contributed by atoms with E-state index in [1.165, 1.54) is 4.68 Å². The highest BCUT2D eigenvalue weighted by Gasteiger charge is 2.32. The molecule has 0 spiro atoms. The van der Waals surface area contributed by atoms with Gasteiger partial charge in [-0.15, -0.1) is 9.24 Å². The number of fused-ring (bicyclic) bond motifs is 1. The Hall–Kier alpha value is -1.68. The number of carbonyl (C=O) groups excluding carboxylic acids is 1. The molecule has 7 heteroatoms. The summed E-state index contributed by atoms with van der Waals surface area (Å²) >= 11 is 0. The van der Waals surface area contributed by atoms with Gasteiger partial charge in [0.15, 0.2) is 0 Å². The minimum absolute atomic E-state index is 0.0665. The third-order valence-electron chi connectivity index (χ3n) is 4.99. The summed E-state index contributed by atoms with van der Waals surface area (Å²) in [6.07, 6.45) is 2.96. The number of nitrogens with zero attached hydrogens (tertiary/aromatic N) is 2. The zero-order valence-corrected chi connectivity index (χ0v) is 16.7. The molecular weight excluding hydrogens is 344 g/mol. The first kappa shape index (κ1) is 19.1. The Labute approximate surface area is 157 Å². The molecule has 1 aliphatic rings. The van der Waals surface area contributed by atoms with Crippen LogP contribution in [0, 0.1) is 0 Å². The van der Waals surface area contributed by atoms with Gasteiger partial charge in [-0.2, -0.15) is 5.10 Å². The molecule has 1 aliphatic carbocycles. The molecule has 0 bridgehead atoms. The summed E-state index contributed by atoms with van der Waals surface area (Å²) in [6, 6.07) is 5.36. The Bertz CT molecular complexity index is 908. The first-order valence-electron chi connectivity index (χ1n) is 9.05. The van der Waals surface area contributed by atoms with Crippen LogP contribution in [-0.2, 0) is 11.3 Å². The van der Waals surface area contributed by atoms with Crippen molar-refractivity contribution in [1.29, 1.82) is 0 Å².